The Kier molecular flexibility index (Phi) is 4.76. The molecule has 0 atom stereocenters. The summed E-state index contributed by atoms with van der Waals surface area (Å²) >= 11 is 2.76. The molecule has 0 aliphatic heterocycles. The number of oxime groups is 1. The van der Waals surface area contributed by atoms with Gasteiger partial charge in [-0.3, -0.25) is 4.79 Å². The van der Waals surface area contributed by atoms with Crippen molar-refractivity contribution in [3.05, 3.63) is 33.8 Å². The fourth-order valence-corrected chi connectivity index (χ4v) is 1.66. The molecule has 0 unspecified atom stereocenters. The van der Waals surface area contributed by atoms with Crippen LogP contribution in [-0.4, -0.2) is 23.5 Å². The number of alkyl halides is 3. The molecule has 19 heavy (non-hydrogen) atoms. The zero-order valence-corrected chi connectivity index (χ0v) is 10.9. The number of amides is 1. The number of hydrogen-bond acceptors (Lipinski definition) is 3. The second-order valence-electron chi connectivity index (χ2n) is 3.47. The number of rotatable bonds is 3. The topological polar surface area (TPSA) is 87.7 Å². The molecule has 9 heteroatoms. The van der Waals surface area contributed by atoms with E-state index >= 15 is 0 Å². The van der Waals surface area contributed by atoms with Crippen molar-refractivity contribution in [1.29, 1.82) is 0 Å². The predicted molar refractivity (Wildman–Crippen MR) is 64.9 cm³/mol. The number of halogens is 4. The molecule has 1 rings (SSSR count). The van der Waals surface area contributed by atoms with Crippen molar-refractivity contribution in [2.75, 3.05) is 6.54 Å². The summed E-state index contributed by atoms with van der Waals surface area (Å²) in [6.07, 6.45) is -4.57. The van der Waals surface area contributed by atoms with Gasteiger partial charge in [0.15, 0.2) is 5.84 Å². The first-order chi connectivity index (χ1) is 8.75. The highest BCUT2D eigenvalue weighted by Gasteiger charge is 2.33. The molecule has 0 spiro atoms. The van der Waals surface area contributed by atoms with E-state index in [9.17, 15) is 18.0 Å². The summed E-state index contributed by atoms with van der Waals surface area (Å²) in [6.45, 7) is -0.271. The molecular formula is C10H9BrF3N3O2. The van der Waals surface area contributed by atoms with E-state index in [-0.39, 0.29) is 22.4 Å². The van der Waals surface area contributed by atoms with E-state index in [1.165, 1.54) is 6.07 Å². The smallest absolute Gasteiger partial charge is 0.409 e. The Hall–Kier alpha value is -1.77. The Labute approximate surface area is 114 Å². The highest BCUT2D eigenvalue weighted by Crippen LogP contribution is 2.35. The first-order valence-corrected chi connectivity index (χ1v) is 5.66. The molecule has 0 saturated carbocycles. The van der Waals surface area contributed by atoms with Crippen LogP contribution in [0, 0.1) is 0 Å². The maximum atomic E-state index is 12.6. The lowest BCUT2D eigenvalue weighted by Crippen LogP contribution is -2.33. The number of hydrogen-bond donors (Lipinski definition) is 3. The normalized spacial score (nSPS) is 12.3. The van der Waals surface area contributed by atoms with Crippen molar-refractivity contribution < 1.29 is 23.2 Å². The fourth-order valence-electron chi connectivity index (χ4n) is 1.19. The van der Waals surface area contributed by atoms with E-state index < -0.39 is 17.6 Å². The third-order valence-electron chi connectivity index (χ3n) is 2.09. The molecule has 0 fully saturated rings. The molecule has 0 radical (unpaired) electrons. The minimum Gasteiger partial charge on any atom is -0.409 e. The number of carbonyl (C=O) groups is 1. The second-order valence-corrected chi connectivity index (χ2v) is 4.32. The lowest BCUT2D eigenvalue weighted by Gasteiger charge is -2.11. The summed E-state index contributed by atoms with van der Waals surface area (Å²) < 4.78 is 37.7. The highest BCUT2D eigenvalue weighted by atomic mass is 79.9. The van der Waals surface area contributed by atoms with E-state index in [2.05, 4.69) is 26.4 Å². The van der Waals surface area contributed by atoms with Crippen LogP contribution >= 0.6 is 15.9 Å². The van der Waals surface area contributed by atoms with E-state index in [1.54, 1.807) is 0 Å². The minimum atomic E-state index is -4.57. The first kappa shape index (κ1) is 15.3. The molecule has 4 N–H and O–H groups in total. The quantitative estimate of drug-likeness (QED) is 0.340. The predicted octanol–water partition coefficient (Wildman–Crippen LogP) is 1.94. The number of amidine groups is 1. The number of nitrogens with zero attached hydrogens (tertiary/aromatic N) is 1. The summed E-state index contributed by atoms with van der Waals surface area (Å²) in [4.78, 5) is 11.6. The Balaban J connectivity index is 2.94. The number of carbonyl (C=O) groups excluding carboxylic acids is 1. The van der Waals surface area contributed by atoms with Crippen LogP contribution < -0.4 is 11.1 Å². The molecule has 0 aliphatic carbocycles. The summed E-state index contributed by atoms with van der Waals surface area (Å²) in [6, 6.07) is 3.06. The summed E-state index contributed by atoms with van der Waals surface area (Å²) in [5.41, 5.74) is 3.99. The average molecular weight is 340 g/mol. The van der Waals surface area contributed by atoms with Gasteiger partial charge in [0.1, 0.15) is 0 Å². The zero-order chi connectivity index (χ0) is 14.6. The lowest BCUT2D eigenvalue weighted by atomic mass is 10.1. The van der Waals surface area contributed by atoms with Crippen LogP contribution in [0.3, 0.4) is 0 Å². The fraction of sp³-hybridized carbons (Fsp3) is 0.200. The standard InChI is InChI=1S/C10H9BrF3N3O2/c11-7-2-1-5(3-6(7)10(12,13)14)9(18)16-4-8(15)17-19/h1-3,19H,4H2,(H2,15,17)(H,16,18). The van der Waals surface area contributed by atoms with E-state index in [4.69, 9.17) is 10.9 Å². The largest absolute Gasteiger partial charge is 0.417 e. The van der Waals surface area contributed by atoms with Crippen molar-refractivity contribution in [2.24, 2.45) is 10.9 Å². The van der Waals surface area contributed by atoms with Gasteiger partial charge in [0, 0.05) is 10.0 Å². The summed E-state index contributed by atoms with van der Waals surface area (Å²) in [5.74, 6) is -1.02. The van der Waals surface area contributed by atoms with Gasteiger partial charge in [-0.1, -0.05) is 21.1 Å². The minimum absolute atomic E-state index is 0.159. The Morgan fingerprint density at radius 1 is 1.47 bits per heavy atom. The van der Waals surface area contributed by atoms with Crippen molar-refractivity contribution in [1.82, 2.24) is 5.32 Å². The van der Waals surface area contributed by atoms with Gasteiger partial charge < -0.3 is 16.3 Å². The number of nitrogens with one attached hydrogen (secondary N) is 1. The van der Waals surface area contributed by atoms with Crippen LogP contribution in [0.1, 0.15) is 15.9 Å². The molecule has 1 aromatic carbocycles. The van der Waals surface area contributed by atoms with Crippen molar-refractivity contribution in [3.63, 3.8) is 0 Å². The molecule has 1 aromatic rings. The lowest BCUT2D eigenvalue weighted by molar-refractivity contribution is -0.138. The van der Waals surface area contributed by atoms with Gasteiger partial charge in [-0.25, -0.2) is 0 Å². The highest BCUT2D eigenvalue weighted by molar-refractivity contribution is 9.10. The monoisotopic (exact) mass is 339 g/mol. The van der Waals surface area contributed by atoms with Gasteiger partial charge in [-0.05, 0) is 18.2 Å². The molecule has 104 valence electrons. The Morgan fingerprint density at radius 2 is 2.11 bits per heavy atom. The van der Waals surface area contributed by atoms with E-state index in [0.717, 1.165) is 6.07 Å². The van der Waals surface area contributed by atoms with Crippen LogP contribution in [0.25, 0.3) is 0 Å². The van der Waals surface area contributed by atoms with Gasteiger partial charge in [-0.2, -0.15) is 13.2 Å². The number of nitrogens with two attached hydrogens (primary N) is 1. The van der Waals surface area contributed by atoms with Crippen LogP contribution in [0.4, 0.5) is 13.2 Å². The van der Waals surface area contributed by atoms with Crippen LogP contribution in [0.5, 0.6) is 0 Å². The van der Waals surface area contributed by atoms with Gasteiger partial charge in [-0.15, -0.1) is 0 Å². The Bertz CT molecular complexity index is 517. The Morgan fingerprint density at radius 3 is 2.63 bits per heavy atom. The molecule has 0 bridgehead atoms. The van der Waals surface area contributed by atoms with Crippen molar-refractivity contribution in [2.45, 2.75) is 6.18 Å². The summed E-state index contributed by atoms with van der Waals surface area (Å²) in [7, 11) is 0. The SMILES string of the molecule is N/C(CNC(=O)c1ccc(Br)c(C(F)(F)F)c1)=N/O. The number of benzene rings is 1. The van der Waals surface area contributed by atoms with Gasteiger partial charge in [0.2, 0.25) is 0 Å². The molecular weight excluding hydrogens is 331 g/mol. The van der Waals surface area contributed by atoms with Crippen LogP contribution in [-0.2, 0) is 6.18 Å². The van der Waals surface area contributed by atoms with Crippen molar-refractivity contribution in [3.8, 4) is 0 Å². The molecule has 0 aliphatic rings. The molecule has 1 amide bonds. The third-order valence-corrected chi connectivity index (χ3v) is 2.78. The summed E-state index contributed by atoms with van der Waals surface area (Å²) in [5, 5.41) is 13.1. The van der Waals surface area contributed by atoms with Gasteiger partial charge >= 0.3 is 6.18 Å². The third kappa shape index (κ3) is 4.12. The molecule has 0 saturated heterocycles. The molecule has 0 aromatic heterocycles. The molecule has 5 nitrogen and oxygen atoms in total. The molecule has 0 heterocycles. The van der Waals surface area contributed by atoms with E-state index in [0.29, 0.717) is 6.07 Å². The second kappa shape index (κ2) is 5.91. The maximum absolute atomic E-state index is 12.6. The van der Waals surface area contributed by atoms with Crippen LogP contribution in [0.2, 0.25) is 0 Å². The van der Waals surface area contributed by atoms with Crippen molar-refractivity contribution >= 4 is 27.7 Å². The zero-order valence-electron chi connectivity index (χ0n) is 9.33. The van der Waals surface area contributed by atoms with E-state index in [1.807, 2.05) is 0 Å². The van der Waals surface area contributed by atoms with Gasteiger partial charge in [0.05, 0.1) is 12.1 Å². The average Bonchev–Trinajstić information content (AvgIpc) is 2.34. The maximum Gasteiger partial charge on any atom is 0.417 e. The van der Waals surface area contributed by atoms with Crippen LogP contribution in [0.15, 0.2) is 27.8 Å². The van der Waals surface area contributed by atoms with Gasteiger partial charge in [0.25, 0.3) is 5.91 Å². The first-order valence-electron chi connectivity index (χ1n) is 4.87.